The van der Waals surface area contributed by atoms with Crippen LogP contribution in [0.25, 0.3) is 28.0 Å². The highest BCUT2D eigenvalue weighted by atomic mass is 19.1. The van der Waals surface area contributed by atoms with Crippen LogP contribution in [0.3, 0.4) is 0 Å². The summed E-state index contributed by atoms with van der Waals surface area (Å²) in [7, 11) is 0. The summed E-state index contributed by atoms with van der Waals surface area (Å²) in [4.78, 5) is 8.95. The molecule has 2 atom stereocenters. The molecule has 0 saturated carbocycles. The molecule has 0 spiro atoms. The Balaban J connectivity index is 1.36. The molecule has 0 unspecified atom stereocenters. The van der Waals surface area contributed by atoms with E-state index in [1.54, 1.807) is 24.4 Å². The summed E-state index contributed by atoms with van der Waals surface area (Å²) in [6.45, 7) is 11.6. The zero-order valence-corrected chi connectivity index (χ0v) is 21.4. The Hall–Kier alpha value is -3.59. The second kappa shape index (κ2) is 8.51. The summed E-state index contributed by atoms with van der Waals surface area (Å²) in [6.07, 6.45) is 4.28. The highest BCUT2D eigenvalue weighted by molar-refractivity contribution is 5.74. The SMILES string of the molecule is Cc1cn2cc(-c3cnc(-c4ccc(O[C@H]5CC(C)(C)NC(C)(C)[C@H]5F)nn4)c(O)c3)cc2c(C)n1. The average Bonchev–Trinajstić information content (AvgIpc) is 3.21. The molecule has 0 amide bonds. The number of nitrogens with zero attached hydrogens (tertiary/aromatic N) is 5. The van der Waals surface area contributed by atoms with Crippen LogP contribution < -0.4 is 10.1 Å². The standard InChI is InChI=1S/C27H31FN6O2/c1-15-13-34-14-18(9-20(34)16(2)30-15)17-10-21(35)24(29-12-17)19-7-8-23(32-31-19)36-22-11-26(3,4)33-27(5,6)25(22)28/h7-10,12-14,22,25,33,35H,11H2,1-6H3/t22-,25-/m0/s1. The predicted octanol–water partition coefficient (Wildman–Crippen LogP) is 4.81. The van der Waals surface area contributed by atoms with E-state index in [0.29, 0.717) is 17.8 Å². The number of ether oxygens (including phenoxy) is 1. The van der Waals surface area contributed by atoms with Crippen molar-refractivity contribution in [2.45, 2.75) is 71.3 Å². The zero-order valence-electron chi connectivity index (χ0n) is 21.4. The first kappa shape index (κ1) is 24.1. The average molecular weight is 491 g/mol. The number of aromatic nitrogens is 5. The third-order valence-corrected chi connectivity index (χ3v) is 6.63. The van der Waals surface area contributed by atoms with E-state index in [2.05, 4.69) is 25.5 Å². The molecule has 0 aromatic carbocycles. The first-order valence-corrected chi connectivity index (χ1v) is 12.0. The van der Waals surface area contributed by atoms with Crippen molar-refractivity contribution in [3.05, 3.63) is 54.2 Å². The van der Waals surface area contributed by atoms with E-state index in [1.165, 1.54) is 0 Å². The molecule has 5 heterocycles. The highest BCUT2D eigenvalue weighted by Crippen LogP contribution is 2.34. The van der Waals surface area contributed by atoms with Crippen LogP contribution in [0.5, 0.6) is 11.6 Å². The minimum Gasteiger partial charge on any atom is -0.506 e. The summed E-state index contributed by atoms with van der Waals surface area (Å²) in [6, 6.07) is 6.97. The van der Waals surface area contributed by atoms with Crippen molar-refractivity contribution in [1.29, 1.82) is 0 Å². The normalized spacial score (nSPS) is 21.0. The van der Waals surface area contributed by atoms with Gasteiger partial charge in [-0.05, 0) is 59.7 Å². The monoisotopic (exact) mass is 490 g/mol. The van der Waals surface area contributed by atoms with Crippen LogP contribution in [0.2, 0.25) is 0 Å². The lowest BCUT2D eigenvalue weighted by atomic mass is 9.79. The molecule has 8 nitrogen and oxygen atoms in total. The van der Waals surface area contributed by atoms with Gasteiger partial charge in [-0.15, -0.1) is 10.2 Å². The maximum absolute atomic E-state index is 15.1. The van der Waals surface area contributed by atoms with E-state index < -0.39 is 17.8 Å². The third kappa shape index (κ3) is 4.51. The molecule has 0 aliphatic carbocycles. The van der Waals surface area contributed by atoms with Crippen LogP contribution in [-0.2, 0) is 0 Å². The summed E-state index contributed by atoms with van der Waals surface area (Å²) in [5, 5.41) is 22.4. The maximum atomic E-state index is 15.1. The van der Waals surface area contributed by atoms with Gasteiger partial charge in [0.2, 0.25) is 5.88 Å². The Morgan fingerprint density at radius 1 is 1.08 bits per heavy atom. The molecule has 2 N–H and O–H groups in total. The van der Waals surface area contributed by atoms with Crippen molar-refractivity contribution in [2.24, 2.45) is 0 Å². The fraction of sp³-hybridized carbons (Fsp3) is 0.407. The lowest BCUT2D eigenvalue weighted by Crippen LogP contribution is -2.66. The molecular formula is C27H31FN6O2. The first-order valence-electron chi connectivity index (χ1n) is 12.0. The quantitative estimate of drug-likeness (QED) is 0.424. The van der Waals surface area contributed by atoms with Gasteiger partial charge in [-0.25, -0.2) is 9.37 Å². The molecule has 188 valence electrons. The number of hydrogen-bond donors (Lipinski definition) is 2. The third-order valence-electron chi connectivity index (χ3n) is 6.63. The zero-order chi connectivity index (χ0) is 25.8. The summed E-state index contributed by atoms with van der Waals surface area (Å²) in [5.41, 5.74) is 4.26. The summed E-state index contributed by atoms with van der Waals surface area (Å²) >= 11 is 0. The molecule has 0 radical (unpaired) electrons. The second-order valence-corrected chi connectivity index (χ2v) is 10.8. The molecule has 1 fully saturated rings. The summed E-state index contributed by atoms with van der Waals surface area (Å²) in [5.74, 6) is 0.221. The minimum absolute atomic E-state index is 0.0116. The molecule has 4 aromatic heterocycles. The van der Waals surface area contributed by atoms with Crippen molar-refractivity contribution in [1.82, 2.24) is 29.9 Å². The van der Waals surface area contributed by atoms with Gasteiger partial charge >= 0.3 is 0 Å². The Labute approximate surface area is 209 Å². The van der Waals surface area contributed by atoms with Crippen molar-refractivity contribution < 1.29 is 14.2 Å². The molecule has 36 heavy (non-hydrogen) atoms. The predicted molar refractivity (Wildman–Crippen MR) is 136 cm³/mol. The van der Waals surface area contributed by atoms with E-state index in [1.807, 2.05) is 64.4 Å². The fourth-order valence-corrected chi connectivity index (χ4v) is 5.22. The topological polar surface area (TPSA) is 97.5 Å². The van der Waals surface area contributed by atoms with E-state index in [0.717, 1.165) is 28.0 Å². The smallest absolute Gasteiger partial charge is 0.233 e. The van der Waals surface area contributed by atoms with Crippen LogP contribution in [0.4, 0.5) is 4.39 Å². The lowest BCUT2D eigenvalue weighted by Gasteiger charge is -2.48. The van der Waals surface area contributed by atoms with Gasteiger partial charge in [0.25, 0.3) is 0 Å². The van der Waals surface area contributed by atoms with E-state index >= 15 is 4.39 Å². The number of halogens is 1. The van der Waals surface area contributed by atoms with Gasteiger partial charge in [0.1, 0.15) is 23.2 Å². The molecular weight excluding hydrogens is 459 g/mol. The maximum Gasteiger partial charge on any atom is 0.233 e. The Bertz CT molecular complexity index is 1430. The molecule has 0 bridgehead atoms. The largest absolute Gasteiger partial charge is 0.506 e. The van der Waals surface area contributed by atoms with Gasteiger partial charge in [-0.3, -0.25) is 4.98 Å². The van der Waals surface area contributed by atoms with Crippen molar-refractivity contribution >= 4 is 5.52 Å². The molecule has 9 heteroatoms. The molecule has 5 rings (SSSR count). The number of alkyl halides is 1. The van der Waals surface area contributed by atoms with Crippen LogP contribution in [0, 0.1) is 13.8 Å². The van der Waals surface area contributed by atoms with Crippen LogP contribution in [-0.4, -0.2) is 53.0 Å². The number of fused-ring (bicyclic) bond motifs is 1. The second-order valence-electron chi connectivity index (χ2n) is 10.8. The summed E-state index contributed by atoms with van der Waals surface area (Å²) < 4.78 is 23.0. The van der Waals surface area contributed by atoms with Gasteiger partial charge in [0.15, 0.2) is 6.17 Å². The van der Waals surface area contributed by atoms with Crippen LogP contribution in [0.1, 0.15) is 45.5 Å². The van der Waals surface area contributed by atoms with Crippen LogP contribution in [0.15, 0.2) is 42.9 Å². The highest BCUT2D eigenvalue weighted by Gasteiger charge is 2.47. The lowest BCUT2D eigenvalue weighted by molar-refractivity contribution is -0.0281. The number of pyridine rings is 1. The molecule has 1 saturated heterocycles. The molecule has 4 aromatic rings. The van der Waals surface area contributed by atoms with Crippen molar-refractivity contribution in [3.8, 4) is 34.1 Å². The van der Waals surface area contributed by atoms with Gasteiger partial charge in [0, 0.05) is 53.3 Å². The van der Waals surface area contributed by atoms with Crippen molar-refractivity contribution in [2.75, 3.05) is 0 Å². The van der Waals surface area contributed by atoms with E-state index in [9.17, 15) is 5.11 Å². The van der Waals surface area contributed by atoms with E-state index in [4.69, 9.17) is 4.74 Å². The fourth-order valence-electron chi connectivity index (χ4n) is 5.22. The Morgan fingerprint density at radius 3 is 2.56 bits per heavy atom. The first-order chi connectivity index (χ1) is 16.9. The van der Waals surface area contributed by atoms with Gasteiger partial charge in [0.05, 0.1) is 16.9 Å². The minimum atomic E-state index is -1.21. The van der Waals surface area contributed by atoms with Crippen molar-refractivity contribution in [3.63, 3.8) is 0 Å². The molecule has 1 aliphatic rings. The van der Waals surface area contributed by atoms with Gasteiger partial charge < -0.3 is 19.6 Å². The number of hydrogen-bond acceptors (Lipinski definition) is 7. The number of nitrogens with one attached hydrogen (secondary N) is 1. The van der Waals surface area contributed by atoms with Gasteiger partial charge in [-0.1, -0.05) is 0 Å². The number of aryl methyl sites for hydroxylation is 2. The van der Waals surface area contributed by atoms with Crippen LogP contribution >= 0.6 is 0 Å². The number of piperidine rings is 1. The number of aromatic hydroxyl groups is 1. The molecule has 1 aliphatic heterocycles. The van der Waals surface area contributed by atoms with E-state index in [-0.39, 0.29) is 17.2 Å². The number of rotatable bonds is 4. The van der Waals surface area contributed by atoms with Gasteiger partial charge in [-0.2, -0.15) is 0 Å². The Kier molecular flexibility index (Phi) is 5.70. The Morgan fingerprint density at radius 2 is 1.86 bits per heavy atom.